The molecule has 1 saturated carbocycles. The van der Waals surface area contributed by atoms with Crippen LogP contribution >= 0.6 is 11.8 Å². The van der Waals surface area contributed by atoms with Crippen molar-refractivity contribution in [2.45, 2.75) is 32.1 Å². The first-order valence-electron chi connectivity index (χ1n) is 10.4. The Balaban J connectivity index is 1.44. The van der Waals surface area contributed by atoms with E-state index in [1.54, 1.807) is 29.0 Å². The van der Waals surface area contributed by atoms with Crippen LogP contribution in [0.2, 0.25) is 0 Å². The number of thioether (sulfide) groups is 1. The highest BCUT2D eigenvalue weighted by Gasteiger charge is 2.38. The largest absolute Gasteiger partial charge is 0.317 e. The van der Waals surface area contributed by atoms with Crippen LogP contribution in [0.1, 0.15) is 37.8 Å². The summed E-state index contributed by atoms with van der Waals surface area (Å²) < 4.78 is 1.80. The van der Waals surface area contributed by atoms with Gasteiger partial charge in [-0.3, -0.25) is 20.3 Å². The molecule has 0 unspecified atom stereocenters. The molecule has 2 aromatic rings. The second kappa shape index (κ2) is 8.19. The van der Waals surface area contributed by atoms with Crippen LogP contribution in [0, 0.1) is 21.4 Å². The number of benzene rings is 1. The molecule has 0 spiro atoms. The van der Waals surface area contributed by atoms with E-state index in [0.717, 1.165) is 17.9 Å². The average Bonchev–Trinajstić information content (AvgIpc) is 3.44. The first kappa shape index (κ1) is 20.4. The molecule has 162 valence electrons. The minimum atomic E-state index is -0.467. The number of fused-ring (bicyclic) bond motifs is 1. The molecule has 3 heterocycles. The molecule has 3 aliphatic rings. The predicted octanol–water partition coefficient (Wildman–Crippen LogP) is 4.58. The molecule has 0 radical (unpaired) electrons. The zero-order chi connectivity index (χ0) is 22.2. The monoisotopic (exact) mass is 448 g/mol. The fourth-order valence-corrected chi connectivity index (χ4v) is 5.21. The van der Waals surface area contributed by atoms with E-state index in [0.29, 0.717) is 22.5 Å². The number of hydrogen-bond acceptors (Lipinski definition) is 6. The molecule has 1 aliphatic carbocycles. The van der Waals surface area contributed by atoms with Crippen molar-refractivity contribution >= 4 is 45.5 Å². The lowest BCUT2D eigenvalue weighted by molar-refractivity contribution is -0.384. The summed E-state index contributed by atoms with van der Waals surface area (Å²) in [6.07, 6.45) is 9.18. The van der Waals surface area contributed by atoms with Crippen LogP contribution in [-0.2, 0) is 4.79 Å². The van der Waals surface area contributed by atoms with Gasteiger partial charge in [-0.2, -0.15) is 15.1 Å². The van der Waals surface area contributed by atoms with Gasteiger partial charge >= 0.3 is 0 Å². The van der Waals surface area contributed by atoms with E-state index < -0.39 is 10.8 Å². The summed E-state index contributed by atoms with van der Waals surface area (Å²) >= 11 is 1.40. The number of aromatic nitrogens is 1. The molecule has 1 aromatic heterocycles. The first-order valence-corrected chi connectivity index (χ1v) is 11.3. The van der Waals surface area contributed by atoms with Crippen molar-refractivity contribution < 1.29 is 9.72 Å². The van der Waals surface area contributed by atoms with E-state index in [1.165, 1.54) is 48.2 Å². The predicted molar refractivity (Wildman–Crippen MR) is 124 cm³/mol. The molecule has 5 rings (SSSR count). The van der Waals surface area contributed by atoms with E-state index in [4.69, 9.17) is 5.41 Å². The fourth-order valence-electron chi connectivity index (χ4n) is 4.15. The number of carbonyl (C=O) groups is 1. The molecular formula is C22H20N6O3S. The smallest absolute Gasteiger partial charge is 0.283 e. The van der Waals surface area contributed by atoms with Gasteiger partial charge in [0, 0.05) is 35.6 Å². The molecular weight excluding hydrogens is 428 g/mol. The number of nitrogens with zero attached hydrogens (tertiary/aromatic N) is 5. The maximum Gasteiger partial charge on any atom is 0.283 e. The van der Waals surface area contributed by atoms with Gasteiger partial charge in [0.1, 0.15) is 5.04 Å². The van der Waals surface area contributed by atoms with Crippen LogP contribution in [0.15, 0.2) is 58.3 Å². The lowest BCUT2D eigenvalue weighted by Crippen LogP contribution is -2.35. The van der Waals surface area contributed by atoms with E-state index >= 15 is 0 Å². The van der Waals surface area contributed by atoms with Crippen LogP contribution in [0.3, 0.4) is 0 Å². The number of amidine groups is 2. The van der Waals surface area contributed by atoms with Crippen LogP contribution in [0.25, 0.3) is 11.8 Å². The molecule has 0 saturated heterocycles. The second-order valence-corrected chi connectivity index (χ2v) is 8.86. The zero-order valence-corrected chi connectivity index (χ0v) is 17.9. The van der Waals surface area contributed by atoms with E-state index in [1.807, 2.05) is 12.1 Å². The first-order chi connectivity index (χ1) is 15.5. The Labute approximate surface area is 188 Å². The van der Waals surface area contributed by atoms with Gasteiger partial charge in [-0.05, 0) is 54.9 Å². The van der Waals surface area contributed by atoms with Crippen molar-refractivity contribution in [2.24, 2.45) is 16.0 Å². The molecule has 1 aromatic carbocycles. The number of nitro benzene ring substituents is 1. The van der Waals surface area contributed by atoms with E-state index in [9.17, 15) is 14.9 Å². The number of aliphatic imine (C=N–C) groups is 1. The molecule has 32 heavy (non-hydrogen) atoms. The third kappa shape index (κ3) is 3.66. The van der Waals surface area contributed by atoms with Crippen LogP contribution < -0.4 is 0 Å². The number of hydrogen-bond donors (Lipinski definition) is 1. The number of nitrogens with one attached hydrogen (secondary N) is 1. The molecule has 1 amide bonds. The maximum absolute atomic E-state index is 12.8. The highest BCUT2D eigenvalue weighted by molar-refractivity contribution is 8.27. The Kier molecular flexibility index (Phi) is 5.22. The van der Waals surface area contributed by atoms with Gasteiger partial charge in [-0.25, -0.2) is 0 Å². The molecule has 10 heteroatoms. The summed E-state index contributed by atoms with van der Waals surface area (Å²) in [6.45, 7) is 0. The minimum Gasteiger partial charge on any atom is -0.317 e. The maximum atomic E-state index is 12.8. The number of hydrazone groups is 1. The number of carbonyl (C=O) groups excluding carboxylic acids is 1. The number of rotatable bonds is 4. The topological polar surface area (TPSA) is 117 Å². The van der Waals surface area contributed by atoms with Gasteiger partial charge in [0.25, 0.3) is 11.6 Å². The lowest BCUT2D eigenvalue weighted by Gasteiger charge is -2.20. The van der Waals surface area contributed by atoms with Gasteiger partial charge in [-0.15, -0.1) is 0 Å². The minimum absolute atomic E-state index is 0.00470. The zero-order valence-electron chi connectivity index (χ0n) is 17.1. The average molecular weight is 449 g/mol. The Morgan fingerprint density at radius 2 is 1.91 bits per heavy atom. The lowest BCUT2D eigenvalue weighted by atomic mass is 9.90. The number of amides is 1. The number of non-ortho nitro benzene ring substituents is 1. The standard InChI is InChI=1S/C22H20N6O3S/c23-19-18(13-17-7-4-12-26(17)15-8-10-16(11-9-15)28(30)31)20(29)24-22-27(19)25-21(32-22)14-5-2-1-3-6-14/h4,7-14,23H,1-3,5-6H2/b18-13-,23-19?. The Hall–Kier alpha value is -3.53. The summed E-state index contributed by atoms with van der Waals surface area (Å²) in [5.41, 5.74) is 1.53. The van der Waals surface area contributed by atoms with E-state index in [-0.39, 0.29) is 17.1 Å². The molecule has 1 N–H and O–H groups in total. The third-order valence-corrected chi connectivity index (χ3v) is 6.91. The SMILES string of the molecule is N=C1/C(=C/c2cccn2-c2ccc([N+](=O)[O-])cc2)C(=O)N=C2SC(C3CCCCC3)=NN12. The normalized spacial score (nSPS) is 20.4. The summed E-state index contributed by atoms with van der Waals surface area (Å²) in [7, 11) is 0. The van der Waals surface area contributed by atoms with Gasteiger partial charge in [-0.1, -0.05) is 19.3 Å². The fraction of sp³-hybridized carbons (Fsp3) is 0.273. The van der Waals surface area contributed by atoms with Gasteiger partial charge in [0.15, 0.2) is 5.84 Å². The Morgan fingerprint density at radius 1 is 1.16 bits per heavy atom. The van der Waals surface area contributed by atoms with Gasteiger partial charge < -0.3 is 4.57 Å². The van der Waals surface area contributed by atoms with Gasteiger partial charge in [0.2, 0.25) is 5.17 Å². The summed E-state index contributed by atoms with van der Waals surface area (Å²) in [5.74, 6) is -0.0863. The van der Waals surface area contributed by atoms with E-state index in [2.05, 4.69) is 10.1 Å². The van der Waals surface area contributed by atoms with Crippen LogP contribution in [-0.4, -0.2) is 36.5 Å². The summed E-state index contributed by atoms with van der Waals surface area (Å²) in [5, 5.41) is 27.0. The highest BCUT2D eigenvalue weighted by Crippen LogP contribution is 2.36. The van der Waals surface area contributed by atoms with Crippen molar-refractivity contribution in [3.63, 3.8) is 0 Å². The van der Waals surface area contributed by atoms with Crippen molar-refractivity contribution in [2.75, 3.05) is 0 Å². The second-order valence-electron chi connectivity index (χ2n) is 7.87. The summed E-state index contributed by atoms with van der Waals surface area (Å²) in [4.78, 5) is 27.4. The summed E-state index contributed by atoms with van der Waals surface area (Å²) in [6, 6.07) is 9.76. The van der Waals surface area contributed by atoms with Crippen molar-refractivity contribution in [3.8, 4) is 5.69 Å². The Morgan fingerprint density at radius 3 is 2.62 bits per heavy atom. The highest BCUT2D eigenvalue weighted by atomic mass is 32.2. The number of nitro groups is 1. The van der Waals surface area contributed by atoms with Crippen LogP contribution in [0.4, 0.5) is 5.69 Å². The molecule has 0 bridgehead atoms. The van der Waals surface area contributed by atoms with Crippen molar-refractivity contribution in [3.05, 3.63) is 64.0 Å². The van der Waals surface area contributed by atoms with Crippen molar-refractivity contribution in [1.29, 1.82) is 5.41 Å². The molecule has 9 nitrogen and oxygen atoms in total. The van der Waals surface area contributed by atoms with Gasteiger partial charge in [0.05, 0.1) is 10.5 Å². The van der Waals surface area contributed by atoms with Crippen LogP contribution in [0.5, 0.6) is 0 Å². The third-order valence-electron chi connectivity index (χ3n) is 5.84. The molecule has 2 aliphatic heterocycles. The quantitative estimate of drug-likeness (QED) is 0.417. The molecule has 1 fully saturated rings. The van der Waals surface area contributed by atoms with Crippen molar-refractivity contribution in [1.82, 2.24) is 9.58 Å². The molecule has 0 atom stereocenters. The Bertz CT molecular complexity index is 1200.